The third-order valence-electron chi connectivity index (χ3n) is 22.1. The van der Waals surface area contributed by atoms with Crippen LogP contribution in [0.3, 0.4) is 0 Å². The van der Waals surface area contributed by atoms with E-state index < -0.39 is 245 Å². The number of hydrogen-bond donors (Lipinski definition) is 21. The van der Waals surface area contributed by atoms with E-state index in [9.17, 15) is 79.6 Å². The summed E-state index contributed by atoms with van der Waals surface area (Å²) in [6, 6.07) is -0.679. The predicted octanol–water partition coefficient (Wildman–Crippen LogP) is 6.53. The van der Waals surface area contributed by atoms with E-state index in [4.69, 9.17) is 72.9 Å². The molecule has 7 heterocycles. The highest BCUT2D eigenvalue weighted by molar-refractivity contribution is 7.51. The summed E-state index contributed by atoms with van der Waals surface area (Å²) in [5.74, 6) is -16.0. The summed E-state index contributed by atoms with van der Waals surface area (Å²) in [7, 11) is -2.28. The van der Waals surface area contributed by atoms with Gasteiger partial charge in [-0.1, -0.05) is 158 Å². The maximum Gasteiger partial charge on any atom is 0.330 e. The summed E-state index contributed by atoms with van der Waals surface area (Å²) in [4.78, 5) is 134. The zero-order chi connectivity index (χ0) is 90.1. The lowest BCUT2D eigenvalue weighted by Gasteiger charge is -2.47. The lowest BCUT2D eigenvalue weighted by atomic mass is 9.86. The van der Waals surface area contributed by atoms with E-state index in [0.717, 1.165) is 79.6 Å². The van der Waals surface area contributed by atoms with Gasteiger partial charge in [0.05, 0.1) is 41.3 Å². The number of carbonyl (C=O) groups excluding carboxylic acids is 7. The van der Waals surface area contributed by atoms with Crippen molar-refractivity contribution in [1.29, 1.82) is 0 Å². The number of hydrogen-bond acceptors (Lipinski definition) is 26. The summed E-state index contributed by atoms with van der Waals surface area (Å²) in [6.45, 7) is 7.93. The molecule has 0 spiro atoms. The van der Waals surface area contributed by atoms with Crippen molar-refractivity contribution in [2.24, 2.45) is 17.4 Å². The molecule has 12 rings (SSSR count). The molecule has 39 heteroatoms. The van der Waals surface area contributed by atoms with Gasteiger partial charge >= 0.3 is 13.6 Å². The molecule has 0 radical (unpaired) electrons. The van der Waals surface area contributed by atoms with Gasteiger partial charge in [0, 0.05) is 40.9 Å². The Bertz CT molecular complexity index is 4600. The number of phenols is 3. The van der Waals surface area contributed by atoms with Crippen LogP contribution in [0.25, 0.3) is 11.1 Å². The number of aliphatic hydroxyl groups excluding tert-OH is 6. The lowest BCUT2D eigenvalue weighted by molar-refractivity contribution is -0.333. The third kappa shape index (κ3) is 25.8. The number of benzene rings is 5. The molecule has 7 aliphatic rings. The second kappa shape index (κ2) is 44.2. The number of ether oxygens (including phenoxy) is 6. The number of nitrogens with one attached hydrogen (secondary N) is 7. The van der Waals surface area contributed by atoms with Gasteiger partial charge in [-0.05, 0) is 117 Å². The standard InChI is InChI=1S/C66H75Cl2N9O24.C18H39O3P/c1-23(2)12-34(71-5)58(88)76-49-51(83)26-7-10-38(32(67)14-26)97-40-16-28-17-41(55(40)101-65-56(54(86)53(85)42(22-78)99-65)100-44-21-66(4,70)57(87)24(3)96-44)98-39-11-8-27(15-33(39)68)52(84)50-63(93)75-48(64(94)95)31-18-29(79)19-37(81)45(31)30-13-25(6-9-36(30)80)46(60(90)77-50)74-61(91)47(28)73-59(89)35(20-43(69)82)72-62(49)92;1-2-3-4-5-6-7-8-9-10-11-12-13-14-15-16-17-18-22(19,20)21/h6-11,13-19,23-24,34-35,42,44,46-54,56-57,65,71,78-81,83-87H,12,20-22,70H2,1-5H3,(H2,69,82)(H,72,92)(H,73,89)(H,74,91)(H,75,93)(H,76,88)(H,77,90)(H,94,95);2-18H2,1H3,(H2,19,20,21). The molecule has 36 nitrogen and oxygen atoms in total. The molecular formula is C84H114Cl2N9O27P. The van der Waals surface area contributed by atoms with E-state index in [1.54, 1.807) is 0 Å². The van der Waals surface area contributed by atoms with Gasteiger partial charge in [-0.25, -0.2) is 4.79 Å². The Balaban J connectivity index is 0.000000682. The Morgan fingerprint density at radius 3 is 1.72 bits per heavy atom. The second-order valence-corrected chi connectivity index (χ2v) is 35.0. The van der Waals surface area contributed by atoms with E-state index in [2.05, 4.69) is 44.1 Å². The van der Waals surface area contributed by atoms with Crippen molar-refractivity contribution in [1.82, 2.24) is 37.2 Å². The fourth-order valence-electron chi connectivity index (χ4n) is 15.4. The minimum absolute atomic E-state index is 0.0610. The van der Waals surface area contributed by atoms with E-state index in [-0.39, 0.29) is 52.4 Å². The number of fused-ring (bicyclic) bond motifs is 15. The molecule has 5 aromatic carbocycles. The fourth-order valence-corrected chi connectivity index (χ4v) is 16.4. The van der Waals surface area contributed by atoms with Crippen LogP contribution in [-0.2, 0) is 57.1 Å². The minimum Gasteiger partial charge on any atom is -0.508 e. The van der Waals surface area contributed by atoms with Gasteiger partial charge in [0.25, 0.3) is 0 Å². The van der Waals surface area contributed by atoms with E-state index >= 15 is 14.4 Å². The predicted molar refractivity (Wildman–Crippen MR) is 446 cm³/mol. The number of unbranched alkanes of at least 4 members (excludes halogenated alkanes) is 15. The third-order valence-corrected chi connectivity index (χ3v) is 23.6. The number of primary amides is 1. The van der Waals surface area contributed by atoms with Crippen molar-refractivity contribution < 1.29 is 132 Å². The van der Waals surface area contributed by atoms with Crippen molar-refractivity contribution in [3.63, 3.8) is 0 Å². The first-order valence-corrected chi connectivity index (χ1v) is 43.8. The molecule has 23 N–H and O–H groups in total. The molecule has 7 amide bonds. The molecular weight excluding hydrogens is 1670 g/mol. The van der Waals surface area contributed by atoms with Crippen LogP contribution in [0.15, 0.2) is 78.9 Å². The topological polar surface area (TPSA) is 588 Å². The van der Waals surface area contributed by atoms with Crippen LogP contribution in [0.1, 0.15) is 215 Å². The maximum atomic E-state index is 16.0. The SMILES string of the molecule is CCCCCCCCCCCCCCCCCCP(=O)(O)O.CNC(CC(C)C)C(=O)NC1C(=O)NC(CC(N)=O)C(=O)NC2C(=O)NC3C(=O)NC(C(=O)NC(C(=O)O)c4cc(O)cc(O)c4-c4cc3ccc4O)C(O)c3ccc(c(Cl)c3)Oc3cc2cc(c3OC2OC(CO)C(O)C(O)C2OC2CC(C)(N)C(O)C(C)O2)Oc2ccc(cc2Cl)C1O. The number of phenolic OH excluding ortho intramolecular Hbond substituents is 3. The highest BCUT2D eigenvalue weighted by atomic mass is 35.5. The van der Waals surface area contributed by atoms with Crippen LogP contribution >= 0.6 is 30.8 Å². The zero-order valence-electron chi connectivity index (χ0n) is 69.1. The van der Waals surface area contributed by atoms with Crippen LogP contribution in [0.2, 0.25) is 10.0 Å². The number of nitrogens with two attached hydrogens (primary N) is 2. The number of aliphatic carboxylic acids is 1. The summed E-state index contributed by atoms with van der Waals surface area (Å²) in [5, 5.41) is 131. The number of carboxylic acid groups (broad SMARTS) is 1. The van der Waals surface area contributed by atoms with Crippen LogP contribution in [0.5, 0.6) is 46.0 Å². The summed E-state index contributed by atoms with van der Waals surface area (Å²) < 4.78 is 49.0. The Morgan fingerprint density at radius 2 is 1.20 bits per heavy atom. The van der Waals surface area contributed by atoms with Crippen molar-refractivity contribution in [2.75, 3.05) is 19.8 Å². The molecule has 18 unspecified atom stereocenters. The summed E-state index contributed by atoms with van der Waals surface area (Å²) >= 11 is 14.1. The molecule has 11 bridgehead atoms. The minimum atomic E-state index is -3.75. The molecule has 2 saturated heterocycles. The molecule has 18 atom stereocenters. The lowest BCUT2D eigenvalue weighted by Crippen LogP contribution is -2.64. The van der Waals surface area contributed by atoms with E-state index in [1.165, 1.54) is 116 Å². The van der Waals surface area contributed by atoms with Crippen LogP contribution < -0.4 is 62.9 Å². The highest BCUT2D eigenvalue weighted by Crippen LogP contribution is 2.50. The normalized spacial score (nSPS) is 26.3. The quantitative estimate of drug-likeness (QED) is 0.0171. The number of aromatic hydroxyl groups is 3. The first-order valence-electron chi connectivity index (χ1n) is 41.2. The Hall–Kier alpha value is -9.05. The van der Waals surface area contributed by atoms with E-state index in [1.807, 2.05) is 13.8 Å². The number of halogens is 2. The maximum absolute atomic E-state index is 16.0. The van der Waals surface area contributed by atoms with Crippen molar-refractivity contribution in [3.05, 3.63) is 117 Å². The van der Waals surface area contributed by atoms with Gasteiger partial charge in [0.1, 0.15) is 89.5 Å². The number of amides is 7. The number of rotatable bonds is 30. The van der Waals surface area contributed by atoms with Crippen LogP contribution in [0, 0.1) is 5.92 Å². The van der Waals surface area contributed by atoms with Crippen molar-refractivity contribution in [2.45, 2.75) is 266 Å². The molecule has 0 aromatic heterocycles. The summed E-state index contributed by atoms with van der Waals surface area (Å²) in [5.41, 5.74) is 8.00. The number of likely N-dealkylation sites (N-methyl/N-ethyl adjacent to an activating group) is 1. The summed E-state index contributed by atoms with van der Waals surface area (Å²) in [6.07, 6.45) is 2.08. The zero-order valence-corrected chi connectivity index (χ0v) is 71.5. The first kappa shape index (κ1) is 97.8. The molecule has 7 aliphatic heterocycles. The highest BCUT2D eigenvalue weighted by Gasteiger charge is 2.52. The van der Waals surface area contributed by atoms with Crippen molar-refractivity contribution >= 4 is 78.1 Å². The smallest absolute Gasteiger partial charge is 0.330 e. The average Bonchev–Trinajstić information content (AvgIpc) is 0.764. The fraction of sp³-hybridized carbons (Fsp3) is 0.548. The molecule has 0 saturated carbocycles. The Morgan fingerprint density at radius 1 is 0.650 bits per heavy atom. The van der Waals surface area contributed by atoms with Crippen LogP contribution in [-0.4, -0.2) is 207 Å². The van der Waals surface area contributed by atoms with Gasteiger partial charge in [-0.15, -0.1) is 0 Å². The molecule has 5 aromatic rings. The largest absolute Gasteiger partial charge is 0.508 e. The van der Waals surface area contributed by atoms with E-state index in [0.29, 0.717) is 6.42 Å². The van der Waals surface area contributed by atoms with Crippen LogP contribution in [0.4, 0.5) is 0 Å². The molecule has 123 heavy (non-hydrogen) atoms. The Kier molecular flexibility index (Phi) is 35.1. The van der Waals surface area contributed by atoms with Gasteiger partial charge < -0.3 is 138 Å². The monoisotopic (exact) mass is 1780 g/mol. The van der Waals surface area contributed by atoms with Gasteiger partial charge in [-0.3, -0.25) is 38.1 Å². The molecule has 2 fully saturated rings. The first-order chi connectivity index (χ1) is 58.2. The number of aliphatic hydroxyl groups is 6. The van der Waals surface area contributed by atoms with Gasteiger partial charge in [-0.2, -0.15) is 0 Å². The second-order valence-electron chi connectivity index (χ2n) is 32.4. The van der Waals surface area contributed by atoms with Crippen molar-refractivity contribution in [3.8, 4) is 57.1 Å². The van der Waals surface area contributed by atoms with Gasteiger partial charge in [0.2, 0.25) is 53.4 Å². The average molecular weight is 1780 g/mol. The van der Waals surface area contributed by atoms with Gasteiger partial charge in [0.15, 0.2) is 29.9 Å². The Labute approximate surface area is 720 Å². The number of carboxylic acids is 1. The molecule has 0 aliphatic carbocycles. The number of carbonyl (C=O) groups is 8. The molecule has 676 valence electrons.